The molecule has 0 bridgehead atoms. The number of cyclic esters (lactones) is 1. The lowest BCUT2D eigenvalue weighted by atomic mass is 10.0. The molecule has 0 spiro atoms. The molecule has 5 nitrogen and oxygen atoms in total. The van der Waals surface area contributed by atoms with Gasteiger partial charge < -0.3 is 19.5 Å². The van der Waals surface area contributed by atoms with Crippen LogP contribution in [-0.2, 0) is 4.74 Å². The monoisotopic (exact) mass is 361 g/mol. The van der Waals surface area contributed by atoms with Crippen LogP contribution in [-0.4, -0.2) is 12.7 Å². The van der Waals surface area contributed by atoms with Crippen molar-refractivity contribution in [3.8, 4) is 23.0 Å². The molecule has 0 radical (unpaired) electrons. The van der Waals surface area contributed by atoms with Gasteiger partial charge in [-0.1, -0.05) is 42.5 Å². The van der Waals surface area contributed by atoms with E-state index in [1.807, 2.05) is 78.9 Å². The quantitative estimate of drug-likeness (QED) is 0.657. The second-order valence-corrected chi connectivity index (χ2v) is 6.16. The highest BCUT2D eigenvalue weighted by Crippen LogP contribution is 2.37. The average Bonchev–Trinajstić information content (AvgIpc) is 2.71. The van der Waals surface area contributed by atoms with Crippen LogP contribution in [0.25, 0.3) is 0 Å². The molecule has 136 valence electrons. The highest BCUT2D eigenvalue weighted by Gasteiger charge is 2.22. The summed E-state index contributed by atoms with van der Waals surface area (Å²) >= 11 is 0. The molecule has 1 saturated heterocycles. The van der Waals surface area contributed by atoms with Gasteiger partial charge in [-0.25, -0.2) is 4.79 Å². The first kappa shape index (κ1) is 17.0. The van der Waals surface area contributed by atoms with Crippen molar-refractivity contribution in [3.63, 3.8) is 0 Å². The Labute approximate surface area is 157 Å². The molecule has 1 atom stereocenters. The highest BCUT2D eigenvalue weighted by molar-refractivity contribution is 5.68. The number of para-hydroxylation sites is 2. The third-order valence-corrected chi connectivity index (χ3v) is 4.24. The molecule has 3 aromatic carbocycles. The second-order valence-electron chi connectivity index (χ2n) is 6.16. The number of carbonyl (C=O) groups excluding carboxylic acids is 1. The van der Waals surface area contributed by atoms with Gasteiger partial charge in [-0.15, -0.1) is 0 Å². The lowest BCUT2D eigenvalue weighted by molar-refractivity contribution is 0.115. The van der Waals surface area contributed by atoms with Gasteiger partial charge >= 0.3 is 6.09 Å². The van der Waals surface area contributed by atoms with Crippen molar-refractivity contribution in [2.24, 2.45) is 0 Å². The third kappa shape index (κ3) is 4.20. The molecule has 1 amide bonds. The minimum absolute atomic E-state index is 0.116. The van der Waals surface area contributed by atoms with E-state index < -0.39 is 6.09 Å². The van der Waals surface area contributed by atoms with E-state index in [4.69, 9.17) is 14.2 Å². The van der Waals surface area contributed by atoms with Crippen LogP contribution in [0.15, 0.2) is 78.9 Å². The van der Waals surface area contributed by atoms with Gasteiger partial charge in [-0.3, -0.25) is 0 Å². The normalized spacial score (nSPS) is 16.1. The zero-order valence-corrected chi connectivity index (χ0v) is 14.6. The number of alkyl carbamates (subject to hydrolysis) is 1. The van der Waals surface area contributed by atoms with Crippen LogP contribution in [0.4, 0.5) is 4.79 Å². The van der Waals surface area contributed by atoms with Gasteiger partial charge in [0.05, 0.1) is 12.6 Å². The van der Waals surface area contributed by atoms with E-state index in [1.165, 1.54) is 0 Å². The third-order valence-electron chi connectivity index (χ3n) is 4.24. The van der Waals surface area contributed by atoms with Crippen molar-refractivity contribution < 1.29 is 19.0 Å². The van der Waals surface area contributed by atoms with Crippen molar-refractivity contribution in [2.75, 3.05) is 6.61 Å². The van der Waals surface area contributed by atoms with E-state index in [2.05, 4.69) is 5.32 Å². The summed E-state index contributed by atoms with van der Waals surface area (Å²) in [6.07, 6.45) is 0.302. The molecular formula is C22H19NO4. The molecule has 27 heavy (non-hydrogen) atoms. The Morgan fingerprint density at radius 2 is 1.44 bits per heavy atom. The predicted octanol–water partition coefficient (Wildman–Crippen LogP) is 5.44. The fraction of sp³-hybridized carbons (Fsp3) is 0.136. The number of rotatable bonds is 5. The second kappa shape index (κ2) is 7.83. The zero-order valence-electron chi connectivity index (χ0n) is 14.6. The Balaban J connectivity index is 1.66. The topological polar surface area (TPSA) is 56.8 Å². The standard InChI is InChI=1S/C22H19NO4/c24-22-23-19(13-14-25-22)16-11-12-20(26-17-7-3-1-4-8-17)21(15-16)27-18-9-5-2-6-10-18/h1-12,15,19H,13-14H2,(H,23,24)/t19-/m1/s1. The Morgan fingerprint density at radius 1 is 0.815 bits per heavy atom. The minimum atomic E-state index is -0.401. The molecule has 5 heteroatoms. The minimum Gasteiger partial charge on any atom is -0.453 e. The predicted molar refractivity (Wildman–Crippen MR) is 101 cm³/mol. The average molecular weight is 361 g/mol. The fourth-order valence-corrected chi connectivity index (χ4v) is 2.91. The fourth-order valence-electron chi connectivity index (χ4n) is 2.91. The van der Waals surface area contributed by atoms with Gasteiger partial charge in [-0.05, 0) is 42.0 Å². The largest absolute Gasteiger partial charge is 0.453 e. The number of carbonyl (C=O) groups is 1. The lowest BCUT2D eigenvalue weighted by Crippen LogP contribution is -2.35. The first-order chi connectivity index (χ1) is 13.3. The highest BCUT2D eigenvalue weighted by atomic mass is 16.6. The molecule has 1 aliphatic heterocycles. The maximum Gasteiger partial charge on any atom is 0.407 e. The van der Waals surface area contributed by atoms with Crippen LogP contribution < -0.4 is 14.8 Å². The van der Waals surface area contributed by atoms with Gasteiger partial charge in [0.25, 0.3) is 0 Å². The maximum atomic E-state index is 11.5. The van der Waals surface area contributed by atoms with Gasteiger partial charge in [-0.2, -0.15) is 0 Å². The van der Waals surface area contributed by atoms with E-state index in [1.54, 1.807) is 0 Å². The van der Waals surface area contributed by atoms with Crippen molar-refractivity contribution in [3.05, 3.63) is 84.4 Å². The van der Waals surface area contributed by atoms with Crippen molar-refractivity contribution >= 4 is 6.09 Å². The van der Waals surface area contributed by atoms with Crippen LogP contribution in [0.3, 0.4) is 0 Å². The van der Waals surface area contributed by atoms with E-state index in [-0.39, 0.29) is 6.04 Å². The summed E-state index contributed by atoms with van der Waals surface area (Å²) in [4.78, 5) is 11.5. The summed E-state index contributed by atoms with van der Waals surface area (Å²) in [6, 6.07) is 24.7. The number of benzene rings is 3. The Kier molecular flexibility index (Phi) is 4.92. The van der Waals surface area contributed by atoms with Crippen molar-refractivity contribution in [1.82, 2.24) is 5.32 Å². The van der Waals surface area contributed by atoms with Crippen molar-refractivity contribution in [1.29, 1.82) is 0 Å². The summed E-state index contributed by atoms with van der Waals surface area (Å²) in [6.45, 7) is 0.396. The van der Waals surface area contributed by atoms with Crippen LogP contribution in [0.2, 0.25) is 0 Å². The summed E-state index contributed by atoms with van der Waals surface area (Å²) < 4.78 is 17.0. The first-order valence-electron chi connectivity index (χ1n) is 8.81. The first-order valence-corrected chi connectivity index (χ1v) is 8.81. The number of amides is 1. The molecule has 1 fully saturated rings. The van der Waals surface area contributed by atoms with Crippen LogP contribution in [0.5, 0.6) is 23.0 Å². The van der Waals surface area contributed by atoms with E-state index in [0.717, 1.165) is 11.3 Å². The molecule has 0 aliphatic carbocycles. The van der Waals surface area contributed by atoms with E-state index in [0.29, 0.717) is 30.3 Å². The van der Waals surface area contributed by atoms with Gasteiger partial charge in [0, 0.05) is 6.42 Å². The molecule has 4 rings (SSSR count). The van der Waals surface area contributed by atoms with Crippen LogP contribution in [0, 0.1) is 0 Å². The maximum absolute atomic E-state index is 11.5. The number of nitrogens with one attached hydrogen (secondary N) is 1. The van der Waals surface area contributed by atoms with Gasteiger partial charge in [0.2, 0.25) is 0 Å². The number of ether oxygens (including phenoxy) is 3. The smallest absolute Gasteiger partial charge is 0.407 e. The summed E-state index contributed by atoms with van der Waals surface area (Å²) in [5.74, 6) is 2.63. The molecule has 3 aromatic rings. The van der Waals surface area contributed by atoms with E-state index in [9.17, 15) is 4.79 Å². The van der Waals surface area contributed by atoms with E-state index >= 15 is 0 Å². The van der Waals surface area contributed by atoms with Crippen LogP contribution >= 0.6 is 0 Å². The number of hydrogen-bond acceptors (Lipinski definition) is 4. The summed E-state index contributed by atoms with van der Waals surface area (Å²) in [5, 5.41) is 2.84. The molecule has 0 saturated carbocycles. The Bertz CT molecular complexity index is 912. The van der Waals surface area contributed by atoms with Crippen LogP contribution in [0.1, 0.15) is 18.0 Å². The molecule has 1 heterocycles. The molecule has 0 unspecified atom stereocenters. The SMILES string of the molecule is O=C1N[C@@H](c2ccc(Oc3ccccc3)c(Oc3ccccc3)c2)CCO1. The molecule has 1 aliphatic rings. The lowest BCUT2D eigenvalue weighted by Gasteiger charge is -2.24. The van der Waals surface area contributed by atoms with Crippen molar-refractivity contribution in [2.45, 2.75) is 12.5 Å². The number of hydrogen-bond donors (Lipinski definition) is 1. The molecule has 1 N–H and O–H groups in total. The summed E-state index contributed by atoms with van der Waals surface area (Å²) in [7, 11) is 0. The summed E-state index contributed by atoms with van der Waals surface area (Å²) in [5.41, 5.74) is 0.943. The Morgan fingerprint density at radius 3 is 2.07 bits per heavy atom. The molecular weight excluding hydrogens is 342 g/mol. The van der Waals surface area contributed by atoms with Gasteiger partial charge in [0.1, 0.15) is 11.5 Å². The molecule has 0 aromatic heterocycles. The Hall–Kier alpha value is -3.47. The van der Waals surface area contributed by atoms with Gasteiger partial charge in [0.15, 0.2) is 11.5 Å². The zero-order chi connectivity index (χ0) is 18.5.